The maximum absolute atomic E-state index is 13.8. The van der Waals surface area contributed by atoms with E-state index in [4.69, 9.17) is 9.57 Å². The van der Waals surface area contributed by atoms with E-state index in [0.29, 0.717) is 24.4 Å². The van der Waals surface area contributed by atoms with E-state index >= 15 is 0 Å². The fourth-order valence-electron chi connectivity index (χ4n) is 8.50. The Morgan fingerprint density at radius 3 is 2.43 bits per heavy atom. The Morgan fingerprint density at radius 2 is 1.79 bits per heavy atom. The fraction of sp³-hybridized carbons (Fsp3) is 0.697. The fourth-order valence-corrected chi connectivity index (χ4v) is 8.50. The summed E-state index contributed by atoms with van der Waals surface area (Å²) < 4.78 is 5.58. The number of allylic oxidation sites excluding steroid dienone is 1. The zero-order valence-electron chi connectivity index (χ0n) is 25.6. The van der Waals surface area contributed by atoms with Crippen LogP contribution in [0.3, 0.4) is 0 Å². The summed E-state index contributed by atoms with van der Waals surface area (Å²) >= 11 is 0. The number of hydroxylamine groups is 1. The number of hydrogen-bond donors (Lipinski definition) is 2. The standard InChI is InChI=1S/C33H49N5O4/c1-23(2)38-32(40)36(21-24-12-15-42-16-13-24)22-33(38)19-28-9-10-29(20-33)37(28)14-11-30(25-7-5-4-6-8-25)34-31(39)26-17-27(18-26)35-41-3/h4-8,17,23-24,26,28-30,35H,9-16,18-22H2,1-3H3,(H,34,39)/t26?,28?,29?,30-,33?/m0/s1. The molecule has 9 heteroatoms. The minimum Gasteiger partial charge on any atom is -0.381 e. The molecule has 2 N–H and O–H groups in total. The summed E-state index contributed by atoms with van der Waals surface area (Å²) in [5, 5.41) is 3.36. The van der Waals surface area contributed by atoms with Gasteiger partial charge >= 0.3 is 6.03 Å². The Balaban J connectivity index is 1.12. The average Bonchev–Trinajstić information content (AvgIpc) is 3.37. The number of piperidine rings is 1. The largest absolute Gasteiger partial charge is 0.381 e. The van der Waals surface area contributed by atoms with Crippen molar-refractivity contribution in [2.45, 2.75) is 94.9 Å². The lowest BCUT2D eigenvalue weighted by Gasteiger charge is -2.49. The molecular weight excluding hydrogens is 530 g/mol. The topological polar surface area (TPSA) is 86.4 Å². The number of carbonyl (C=O) groups is 2. The number of hydrogen-bond acceptors (Lipinski definition) is 6. The van der Waals surface area contributed by atoms with Crippen LogP contribution < -0.4 is 10.8 Å². The summed E-state index contributed by atoms with van der Waals surface area (Å²) in [5.74, 6) is 0.505. The number of rotatable bonds is 11. The highest BCUT2D eigenvalue weighted by Crippen LogP contribution is 2.48. The predicted molar refractivity (Wildman–Crippen MR) is 161 cm³/mol. The molecule has 9 nitrogen and oxygen atoms in total. The number of amides is 3. The minimum absolute atomic E-state index is 0.0305. The minimum atomic E-state index is -0.120. The third-order valence-electron chi connectivity index (χ3n) is 10.4. The summed E-state index contributed by atoms with van der Waals surface area (Å²) in [5.41, 5.74) is 4.87. The Morgan fingerprint density at radius 1 is 1.10 bits per heavy atom. The van der Waals surface area contributed by atoms with Gasteiger partial charge in [-0.1, -0.05) is 36.4 Å². The van der Waals surface area contributed by atoms with Crippen molar-refractivity contribution >= 4 is 11.9 Å². The molecule has 1 aliphatic carbocycles. The highest BCUT2D eigenvalue weighted by atomic mass is 16.6. The van der Waals surface area contributed by atoms with E-state index in [1.165, 1.54) is 12.8 Å². The Hall–Kier alpha value is -2.62. The molecule has 0 radical (unpaired) electrons. The molecule has 1 spiro atoms. The van der Waals surface area contributed by atoms with Crippen molar-refractivity contribution in [3.05, 3.63) is 47.7 Å². The van der Waals surface area contributed by atoms with Crippen molar-refractivity contribution in [1.29, 1.82) is 0 Å². The molecular formula is C33H49N5O4. The average molecular weight is 580 g/mol. The van der Waals surface area contributed by atoms with Gasteiger partial charge in [0.05, 0.1) is 24.6 Å². The third kappa shape index (κ3) is 5.92. The van der Waals surface area contributed by atoms with Crippen molar-refractivity contribution in [2.24, 2.45) is 11.8 Å². The van der Waals surface area contributed by atoms with Crippen molar-refractivity contribution in [2.75, 3.05) is 40.0 Å². The second-order valence-electron chi connectivity index (χ2n) is 13.5. The monoisotopic (exact) mass is 579 g/mol. The number of benzene rings is 1. The van der Waals surface area contributed by atoms with E-state index in [2.05, 4.69) is 63.6 Å². The molecule has 1 aromatic rings. The Bertz CT molecular complexity index is 1120. The summed E-state index contributed by atoms with van der Waals surface area (Å²) in [6.45, 7) is 8.68. The quantitative estimate of drug-likeness (QED) is 0.382. The predicted octanol–water partition coefficient (Wildman–Crippen LogP) is 4.23. The summed E-state index contributed by atoms with van der Waals surface area (Å²) in [4.78, 5) is 39.0. The molecule has 230 valence electrons. The van der Waals surface area contributed by atoms with Crippen molar-refractivity contribution in [3.8, 4) is 0 Å². The van der Waals surface area contributed by atoms with Crippen molar-refractivity contribution < 1.29 is 19.2 Å². The lowest BCUT2D eigenvalue weighted by atomic mass is 9.81. The highest BCUT2D eigenvalue weighted by molar-refractivity contribution is 5.82. The number of nitrogens with one attached hydrogen (secondary N) is 2. The van der Waals surface area contributed by atoms with Crippen LogP contribution in [-0.4, -0.2) is 90.3 Å². The molecule has 0 saturated carbocycles. The summed E-state index contributed by atoms with van der Waals surface area (Å²) in [6, 6.07) is 11.7. The highest BCUT2D eigenvalue weighted by Gasteiger charge is 2.57. The summed E-state index contributed by atoms with van der Waals surface area (Å²) in [7, 11) is 1.59. The second kappa shape index (κ2) is 12.5. The number of fused-ring (bicyclic) bond motifs is 2. The molecule has 4 aliphatic heterocycles. The smallest absolute Gasteiger partial charge is 0.320 e. The first-order valence-corrected chi connectivity index (χ1v) is 16.1. The van der Waals surface area contributed by atoms with Crippen molar-refractivity contribution in [3.63, 3.8) is 0 Å². The van der Waals surface area contributed by atoms with Gasteiger partial charge in [0.2, 0.25) is 5.91 Å². The maximum atomic E-state index is 13.8. The third-order valence-corrected chi connectivity index (χ3v) is 10.4. The van der Waals surface area contributed by atoms with Crippen LogP contribution in [0, 0.1) is 11.8 Å². The van der Waals surface area contributed by atoms with Gasteiger partial charge in [-0.25, -0.2) is 4.79 Å². The first-order chi connectivity index (χ1) is 20.4. The van der Waals surface area contributed by atoms with Crippen LogP contribution in [0.4, 0.5) is 4.79 Å². The molecule has 2 bridgehead atoms. The van der Waals surface area contributed by atoms with E-state index in [-0.39, 0.29) is 35.5 Å². The Labute approximate surface area is 250 Å². The number of ether oxygens (including phenoxy) is 1. The van der Waals surface area contributed by atoms with Gasteiger partial charge in [0.25, 0.3) is 0 Å². The van der Waals surface area contributed by atoms with Gasteiger partial charge in [0.15, 0.2) is 0 Å². The lowest BCUT2D eigenvalue weighted by Crippen LogP contribution is -2.60. The van der Waals surface area contributed by atoms with Gasteiger partial charge < -0.3 is 19.9 Å². The van der Waals surface area contributed by atoms with Gasteiger partial charge in [-0.15, -0.1) is 0 Å². The molecule has 5 aliphatic rings. The van der Waals surface area contributed by atoms with Crippen LogP contribution in [0.2, 0.25) is 0 Å². The van der Waals surface area contributed by atoms with Crippen LogP contribution in [0.1, 0.15) is 76.8 Å². The van der Waals surface area contributed by atoms with Crippen LogP contribution in [-0.2, 0) is 14.4 Å². The van der Waals surface area contributed by atoms with Crippen LogP contribution in [0.15, 0.2) is 42.1 Å². The van der Waals surface area contributed by atoms with E-state index in [9.17, 15) is 9.59 Å². The number of nitrogens with zero attached hydrogens (tertiary/aromatic N) is 3. The maximum Gasteiger partial charge on any atom is 0.320 e. The second-order valence-corrected chi connectivity index (χ2v) is 13.5. The van der Waals surface area contributed by atoms with Gasteiger partial charge in [0, 0.05) is 63.1 Å². The Kier molecular flexibility index (Phi) is 8.80. The van der Waals surface area contributed by atoms with Crippen LogP contribution in [0.5, 0.6) is 0 Å². The number of carbonyl (C=O) groups excluding carboxylic acids is 2. The zero-order valence-corrected chi connectivity index (χ0v) is 25.6. The van der Waals surface area contributed by atoms with E-state index in [0.717, 1.165) is 76.2 Å². The van der Waals surface area contributed by atoms with Gasteiger partial charge in [-0.2, -0.15) is 0 Å². The molecule has 4 heterocycles. The van der Waals surface area contributed by atoms with Crippen molar-refractivity contribution in [1.82, 2.24) is 25.5 Å². The molecule has 3 unspecified atom stereocenters. The lowest BCUT2D eigenvalue weighted by molar-refractivity contribution is -0.125. The molecule has 3 amide bonds. The molecule has 4 atom stereocenters. The molecule has 6 rings (SSSR count). The molecule has 4 fully saturated rings. The molecule has 1 aromatic carbocycles. The zero-order chi connectivity index (χ0) is 29.3. The van der Waals surface area contributed by atoms with E-state index in [1.807, 2.05) is 12.1 Å². The molecule has 42 heavy (non-hydrogen) atoms. The van der Waals surface area contributed by atoms with Gasteiger partial charge in [-0.3, -0.25) is 20.0 Å². The first-order valence-electron chi connectivity index (χ1n) is 16.1. The summed E-state index contributed by atoms with van der Waals surface area (Å²) in [6.07, 6.45) is 10.1. The molecule has 4 saturated heterocycles. The van der Waals surface area contributed by atoms with Crippen LogP contribution >= 0.6 is 0 Å². The van der Waals surface area contributed by atoms with E-state index < -0.39 is 0 Å². The number of urea groups is 1. The van der Waals surface area contributed by atoms with E-state index in [1.54, 1.807) is 7.11 Å². The first kappa shape index (κ1) is 29.5. The van der Waals surface area contributed by atoms with Gasteiger partial charge in [0.1, 0.15) is 0 Å². The normalized spacial score (nSPS) is 30.5. The van der Waals surface area contributed by atoms with Crippen LogP contribution in [0.25, 0.3) is 0 Å². The van der Waals surface area contributed by atoms with Gasteiger partial charge in [-0.05, 0) is 70.3 Å². The SMILES string of the molecule is CONC1=CC(C(=O)N[C@@H](CCN2C3CCC2CC2(C3)CN(CC3CCOCC3)C(=O)N2C(C)C)c2ccccc2)C1. The molecule has 0 aromatic heterocycles.